The summed E-state index contributed by atoms with van der Waals surface area (Å²) < 4.78 is 7.26. The van der Waals surface area contributed by atoms with Gasteiger partial charge in [-0.25, -0.2) is 0 Å². The number of benzene rings is 4. The summed E-state index contributed by atoms with van der Waals surface area (Å²) in [6.07, 6.45) is 3.72. The third-order valence-corrected chi connectivity index (χ3v) is 8.09. The molecule has 1 aromatic heterocycles. The van der Waals surface area contributed by atoms with Crippen LogP contribution >= 0.6 is 23.4 Å². The molecule has 41 heavy (non-hydrogen) atoms. The van der Waals surface area contributed by atoms with Gasteiger partial charge < -0.3 is 14.6 Å². The van der Waals surface area contributed by atoms with Crippen LogP contribution in [0.25, 0.3) is 27.8 Å². The first-order valence-corrected chi connectivity index (χ1v) is 14.0. The van der Waals surface area contributed by atoms with Crippen LogP contribution in [0.4, 0.5) is 10.5 Å². The highest BCUT2D eigenvalue weighted by Gasteiger charge is 2.36. The van der Waals surface area contributed by atoms with Crippen LogP contribution in [0, 0.1) is 0 Å². The third-order valence-electron chi connectivity index (χ3n) is 6.88. The Labute approximate surface area is 245 Å². The van der Waals surface area contributed by atoms with Crippen molar-refractivity contribution in [3.05, 3.63) is 112 Å². The summed E-state index contributed by atoms with van der Waals surface area (Å²) in [5.41, 5.74) is 3.43. The lowest BCUT2D eigenvalue weighted by Gasteiger charge is -2.13. The number of fused-ring (bicyclic) bond motifs is 2. The number of carbonyl (C=O) groups excluding carboxylic acids is 3. The fourth-order valence-electron chi connectivity index (χ4n) is 4.92. The molecule has 0 aliphatic carbocycles. The van der Waals surface area contributed by atoms with E-state index in [9.17, 15) is 14.4 Å². The Balaban J connectivity index is 1.22. The van der Waals surface area contributed by atoms with Crippen LogP contribution in [0.2, 0.25) is 5.02 Å². The van der Waals surface area contributed by atoms with Crippen LogP contribution in [0.5, 0.6) is 5.75 Å². The van der Waals surface area contributed by atoms with E-state index in [-0.39, 0.29) is 4.91 Å². The lowest BCUT2D eigenvalue weighted by Crippen LogP contribution is -2.36. The standard InChI is InChI=1S/C32H24ClN3O4S/c1-40-28-13-12-24(16-26(28)33)34-30(37)19-36-31(38)29(41-32(36)39)15-23-18-35(27-9-5-4-8-25(23)27)17-20-10-11-21-6-2-3-7-22(21)14-20/h2-16,18H,17,19H2,1H3,(H,34,37)/b29-15-. The smallest absolute Gasteiger partial charge is 0.294 e. The molecule has 0 radical (unpaired) electrons. The maximum atomic E-state index is 13.2. The summed E-state index contributed by atoms with van der Waals surface area (Å²) in [7, 11) is 1.50. The fourth-order valence-corrected chi connectivity index (χ4v) is 6.01. The zero-order valence-corrected chi connectivity index (χ0v) is 23.5. The van der Waals surface area contributed by atoms with E-state index in [0.29, 0.717) is 23.0 Å². The van der Waals surface area contributed by atoms with Crippen LogP contribution in [0.3, 0.4) is 0 Å². The molecule has 0 bridgehead atoms. The summed E-state index contributed by atoms with van der Waals surface area (Å²) >= 11 is 6.96. The van der Waals surface area contributed by atoms with Crippen LogP contribution in [-0.2, 0) is 16.1 Å². The highest BCUT2D eigenvalue weighted by molar-refractivity contribution is 8.18. The second-order valence-electron chi connectivity index (χ2n) is 9.58. The van der Waals surface area contributed by atoms with Gasteiger partial charge >= 0.3 is 0 Å². The van der Waals surface area contributed by atoms with Crippen molar-refractivity contribution in [3.8, 4) is 5.75 Å². The van der Waals surface area contributed by atoms with E-state index in [0.717, 1.165) is 38.7 Å². The lowest BCUT2D eigenvalue weighted by molar-refractivity contribution is -0.127. The second-order valence-corrected chi connectivity index (χ2v) is 11.0. The Kier molecular flexibility index (Phi) is 7.26. The maximum Gasteiger partial charge on any atom is 0.294 e. The Morgan fingerprint density at radius 3 is 2.56 bits per heavy atom. The molecule has 1 aliphatic rings. The summed E-state index contributed by atoms with van der Waals surface area (Å²) in [5, 5.41) is 5.84. The van der Waals surface area contributed by atoms with Gasteiger partial charge in [0.1, 0.15) is 12.3 Å². The molecule has 0 spiro atoms. The molecule has 2 heterocycles. The highest BCUT2D eigenvalue weighted by atomic mass is 35.5. The number of hydrogen-bond acceptors (Lipinski definition) is 5. The van der Waals surface area contributed by atoms with E-state index in [1.807, 2.05) is 42.6 Å². The predicted molar refractivity (Wildman–Crippen MR) is 164 cm³/mol. The molecule has 1 N–H and O–H groups in total. The Hall–Kier alpha value is -4.53. The summed E-state index contributed by atoms with van der Waals surface area (Å²) in [5.74, 6) is -0.546. The van der Waals surface area contributed by atoms with Crippen LogP contribution in [-0.4, -0.2) is 40.2 Å². The first-order valence-electron chi connectivity index (χ1n) is 12.8. The van der Waals surface area contributed by atoms with Gasteiger partial charge in [-0.1, -0.05) is 66.2 Å². The number of aromatic nitrogens is 1. The first-order chi connectivity index (χ1) is 19.9. The van der Waals surface area contributed by atoms with Crippen molar-refractivity contribution in [1.82, 2.24) is 9.47 Å². The molecule has 204 valence electrons. The Morgan fingerprint density at radius 2 is 1.76 bits per heavy atom. The van der Waals surface area contributed by atoms with Gasteiger partial charge in [-0.05, 0) is 64.5 Å². The topological polar surface area (TPSA) is 80.6 Å². The minimum atomic E-state index is -0.512. The van der Waals surface area contributed by atoms with Gasteiger partial charge in [-0.15, -0.1) is 0 Å². The van der Waals surface area contributed by atoms with E-state index in [2.05, 4.69) is 40.2 Å². The SMILES string of the molecule is COc1ccc(NC(=O)CN2C(=O)S/C(=C\c3cn(Cc4ccc5ccccc5c4)c4ccccc34)C2=O)cc1Cl. The van der Waals surface area contributed by atoms with Crippen molar-refractivity contribution in [1.29, 1.82) is 0 Å². The van der Waals surface area contributed by atoms with E-state index in [1.54, 1.807) is 24.3 Å². The molecule has 0 saturated carbocycles. The van der Waals surface area contributed by atoms with Crippen molar-refractivity contribution in [2.24, 2.45) is 0 Å². The first kappa shape index (κ1) is 26.7. The number of amides is 3. The number of rotatable bonds is 7. The molecule has 4 aromatic carbocycles. The average molecular weight is 582 g/mol. The summed E-state index contributed by atoms with van der Waals surface area (Å²) in [6, 6.07) is 27.4. The maximum absolute atomic E-state index is 13.2. The normalized spacial score (nSPS) is 14.4. The minimum Gasteiger partial charge on any atom is -0.495 e. The molecular weight excluding hydrogens is 558 g/mol. The number of halogens is 1. The van der Waals surface area contributed by atoms with Crippen LogP contribution in [0.15, 0.2) is 96.0 Å². The van der Waals surface area contributed by atoms with Gasteiger partial charge in [0.2, 0.25) is 5.91 Å². The van der Waals surface area contributed by atoms with Gasteiger partial charge in [0.15, 0.2) is 0 Å². The Bertz CT molecular complexity index is 1880. The summed E-state index contributed by atoms with van der Waals surface area (Å²) in [6.45, 7) is 0.242. The average Bonchev–Trinajstić information content (AvgIpc) is 3.44. The van der Waals surface area contributed by atoms with Crippen molar-refractivity contribution in [3.63, 3.8) is 0 Å². The largest absolute Gasteiger partial charge is 0.495 e. The molecule has 0 atom stereocenters. The molecule has 7 nitrogen and oxygen atoms in total. The molecule has 1 fully saturated rings. The van der Waals surface area contributed by atoms with Gasteiger partial charge in [-0.3, -0.25) is 19.3 Å². The lowest BCUT2D eigenvalue weighted by atomic mass is 10.1. The van der Waals surface area contributed by atoms with E-state index < -0.39 is 23.6 Å². The molecule has 1 saturated heterocycles. The van der Waals surface area contributed by atoms with Crippen molar-refractivity contribution in [2.75, 3.05) is 19.0 Å². The molecule has 3 amide bonds. The summed E-state index contributed by atoms with van der Waals surface area (Å²) in [4.78, 5) is 39.8. The van der Waals surface area contributed by atoms with Crippen molar-refractivity contribution < 1.29 is 19.1 Å². The molecule has 6 rings (SSSR count). The molecule has 9 heteroatoms. The Morgan fingerprint density at radius 1 is 0.976 bits per heavy atom. The van der Waals surface area contributed by atoms with E-state index >= 15 is 0 Å². The van der Waals surface area contributed by atoms with Crippen molar-refractivity contribution >= 4 is 73.9 Å². The van der Waals surface area contributed by atoms with E-state index in [4.69, 9.17) is 16.3 Å². The number of hydrogen-bond donors (Lipinski definition) is 1. The number of anilines is 1. The number of methoxy groups -OCH3 is 1. The number of ether oxygens (including phenoxy) is 1. The van der Waals surface area contributed by atoms with Crippen LogP contribution < -0.4 is 10.1 Å². The predicted octanol–water partition coefficient (Wildman–Crippen LogP) is 7.18. The van der Waals surface area contributed by atoms with Crippen molar-refractivity contribution in [2.45, 2.75) is 6.54 Å². The van der Waals surface area contributed by atoms with Gasteiger partial charge in [-0.2, -0.15) is 0 Å². The van der Waals surface area contributed by atoms with Gasteiger partial charge in [0.05, 0.1) is 17.0 Å². The molecular formula is C32H24ClN3O4S. The highest BCUT2D eigenvalue weighted by Crippen LogP contribution is 2.34. The minimum absolute atomic E-state index is 0.268. The molecule has 5 aromatic rings. The second kappa shape index (κ2) is 11.2. The third kappa shape index (κ3) is 5.44. The number of imide groups is 1. The van der Waals surface area contributed by atoms with Gasteiger partial charge in [0.25, 0.3) is 11.1 Å². The number of nitrogens with one attached hydrogen (secondary N) is 1. The zero-order valence-electron chi connectivity index (χ0n) is 22.0. The molecule has 0 unspecified atom stereocenters. The monoisotopic (exact) mass is 581 g/mol. The number of carbonyl (C=O) groups is 3. The van der Waals surface area contributed by atoms with Gasteiger partial charge in [0, 0.05) is 34.9 Å². The van der Waals surface area contributed by atoms with E-state index in [1.165, 1.54) is 17.9 Å². The number of para-hydroxylation sites is 1. The number of thioether (sulfide) groups is 1. The van der Waals surface area contributed by atoms with Crippen LogP contribution in [0.1, 0.15) is 11.1 Å². The quantitative estimate of drug-likeness (QED) is 0.206. The zero-order chi connectivity index (χ0) is 28.5. The molecule has 1 aliphatic heterocycles. The number of nitrogens with zero attached hydrogens (tertiary/aromatic N) is 2. The fraction of sp³-hybridized carbons (Fsp3) is 0.0938.